The maximum Gasteiger partial charge on any atom is 0.326 e. The summed E-state index contributed by atoms with van der Waals surface area (Å²) in [6.07, 6.45) is 2.01. The lowest BCUT2D eigenvalue weighted by atomic mass is 10.0. The molecule has 0 saturated carbocycles. The van der Waals surface area contributed by atoms with Gasteiger partial charge in [-0.05, 0) is 25.3 Å². The van der Waals surface area contributed by atoms with E-state index in [0.717, 1.165) is 10.9 Å². The number of aromatic nitrogens is 1. The minimum Gasteiger partial charge on any atom is -0.480 e. The Morgan fingerprint density at radius 2 is 1.88 bits per heavy atom. The van der Waals surface area contributed by atoms with Gasteiger partial charge in [0.2, 0.25) is 5.91 Å². The van der Waals surface area contributed by atoms with Gasteiger partial charge in [-0.15, -0.1) is 0 Å². The maximum atomic E-state index is 12.3. The number of nitrogens with one attached hydrogen (secondary N) is 1. The first-order chi connectivity index (χ1) is 11.3. The van der Waals surface area contributed by atoms with Crippen molar-refractivity contribution in [2.24, 2.45) is 5.92 Å². The summed E-state index contributed by atoms with van der Waals surface area (Å²) in [5.41, 5.74) is 1.32. The van der Waals surface area contributed by atoms with Gasteiger partial charge in [0, 0.05) is 22.7 Å². The standard InChI is InChI=1S/C18H22N2O4/c1-11(2)8-15(18(23)24)19-17(22)10-20-9-14(12(3)21)13-6-4-5-7-16(13)20/h4-7,9,11,15H,8,10H2,1-3H3,(H,19,22)(H,23,24). The summed E-state index contributed by atoms with van der Waals surface area (Å²) in [6.45, 7) is 5.26. The van der Waals surface area contributed by atoms with E-state index in [4.69, 9.17) is 0 Å². The third-order valence-electron chi connectivity index (χ3n) is 3.82. The molecule has 0 bridgehead atoms. The first-order valence-electron chi connectivity index (χ1n) is 7.90. The van der Waals surface area contributed by atoms with Crippen LogP contribution in [0.3, 0.4) is 0 Å². The molecule has 1 heterocycles. The molecule has 1 atom stereocenters. The zero-order chi connectivity index (χ0) is 17.9. The number of hydrogen-bond acceptors (Lipinski definition) is 3. The highest BCUT2D eigenvalue weighted by Gasteiger charge is 2.22. The summed E-state index contributed by atoms with van der Waals surface area (Å²) in [4.78, 5) is 35.3. The molecule has 1 aromatic heterocycles. The second-order valence-electron chi connectivity index (χ2n) is 6.33. The molecule has 0 aliphatic rings. The largest absolute Gasteiger partial charge is 0.480 e. The summed E-state index contributed by atoms with van der Waals surface area (Å²) in [5, 5.41) is 12.6. The number of aliphatic carboxylic acids is 1. The van der Waals surface area contributed by atoms with Gasteiger partial charge < -0.3 is 15.0 Å². The zero-order valence-electron chi connectivity index (χ0n) is 14.1. The molecular formula is C18H22N2O4. The minimum atomic E-state index is -1.04. The number of nitrogens with zero attached hydrogens (tertiary/aromatic N) is 1. The summed E-state index contributed by atoms with van der Waals surface area (Å²) in [5.74, 6) is -1.35. The molecule has 0 aliphatic carbocycles. The Morgan fingerprint density at radius 1 is 1.21 bits per heavy atom. The Kier molecular flexibility index (Phi) is 5.39. The molecule has 0 fully saturated rings. The van der Waals surface area contributed by atoms with E-state index in [1.807, 2.05) is 38.1 Å². The highest BCUT2D eigenvalue weighted by atomic mass is 16.4. The Labute approximate surface area is 140 Å². The molecule has 0 radical (unpaired) electrons. The lowest BCUT2D eigenvalue weighted by molar-refractivity contribution is -0.142. The third kappa shape index (κ3) is 4.01. The maximum absolute atomic E-state index is 12.3. The van der Waals surface area contributed by atoms with Gasteiger partial charge in [0.05, 0.1) is 0 Å². The lowest BCUT2D eigenvalue weighted by Crippen LogP contribution is -2.43. The van der Waals surface area contributed by atoms with Crippen molar-refractivity contribution in [1.82, 2.24) is 9.88 Å². The molecule has 0 saturated heterocycles. The van der Waals surface area contributed by atoms with Crippen LogP contribution >= 0.6 is 0 Å². The molecule has 2 aromatic rings. The number of Topliss-reactive ketones (excluding diaryl/α,β-unsaturated/α-hetero) is 1. The van der Waals surface area contributed by atoms with E-state index in [1.54, 1.807) is 10.8 Å². The fourth-order valence-electron chi connectivity index (χ4n) is 2.75. The molecule has 2 rings (SSSR count). The van der Waals surface area contributed by atoms with E-state index in [-0.39, 0.29) is 24.2 Å². The number of rotatable bonds is 7. The van der Waals surface area contributed by atoms with Gasteiger partial charge >= 0.3 is 5.97 Å². The van der Waals surface area contributed by atoms with Crippen LogP contribution in [0.5, 0.6) is 0 Å². The van der Waals surface area contributed by atoms with E-state index in [0.29, 0.717) is 12.0 Å². The Morgan fingerprint density at radius 3 is 2.46 bits per heavy atom. The van der Waals surface area contributed by atoms with Crippen molar-refractivity contribution in [1.29, 1.82) is 0 Å². The molecule has 6 nitrogen and oxygen atoms in total. The van der Waals surface area contributed by atoms with E-state index in [2.05, 4.69) is 5.32 Å². The number of carbonyl (C=O) groups is 3. The van der Waals surface area contributed by atoms with Crippen molar-refractivity contribution >= 4 is 28.6 Å². The average molecular weight is 330 g/mol. The van der Waals surface area contributed by atoms with Crippen molar-refractivity contribution in [3.8, 4) is 0 Å². The van der Waals surface area contributed by atoms with Gasteiger partial charge in [-0.3, -0.25) is 9.59 Å². The van der Waals surface area contributed by atoms with Crippen molar-refractivity contribution in [3.05, 3.63) is 36.0 Å². The number of para-hydroxylation sites is 1. The van der Waals surface area contributed by atoms with Crippen LogP contribution in [0, 0.1) is 5.92 Å². The molecule has 2 N–H and O–H groups in total. The lowest BCUT2D eigenvalue weighted by Gasteiger charge is -2.16. The van der Waals surface area contributed by atoms with Crippen LogP contribution < -0.4 is 5.32 Å². The van der Waals surface area contributed by atoms with Crippen molar-refractivity contribution < 1.29 is 19.5 Å². The van der Waals surface area contributed by atoms with Crippen molar-refractivity contribution in [2.75, 3.05) is 0 Å². The number of carboxylic acids is 1. The van der Waals surface area contributed by atoms with E-state index in [1.165, 1.54) is 6.92 Å². The van der Waals surface area contributed by atoms with Crippen LogP contribution in [0.4, 0.5) is 0 Å². The molecule has 1 amide bonds. The Balaban J connectivity index is 2.21. The van der Waals surface area contributed by atoms with E-state index >= 15 is 0 Å². The zero-order valence-corrected chi connectivity index (χ0v) is 14.1. The molecule has 24 heavy (non-hydrogen) atoms. The fraction of sp³-hybridized carbons (Fsp3) is 0.389. The minimum absolute atomic E-state index is 0.0321. The molecule has 0 aliphatic heterocycles. The molecular weight excluding hydrogens is 308 g/mol. The topological polar surface area (TPSA) is 88.4 Å². The second kappa shape index (κ2) is 7.29. The van der Waals surface area contributed by atoms with Crippen LogP contribution in [-0.2, 0) is 16.1 Å². The SMILES string of the molecule is CC(=O)c1cn(CC(=O)NC(CC(C)C)C(=O)O)c2ccccc12. The van der Waals surface area contributed by atoms with Crippen molar-refractivity contribution in [3.63, 3.8) is 0 Å². The smallest absolute Gasteiger partial charge is 0.326 e. The van der Waals surface area contributed by atoms with Crippen LogP contribution in [0.1, 0.15) is 37.6 Å². The second-order valence-corrected chi connectivity index (χ2v) is 6.33. The fourth-order valence-corrected chi connectivity index (χ4v) is 2.75. The van der Waals surface area contributed by atoms with Gasteiger partial charge in [0.15, 0.2) is 5.78 Å². The van der Waals surface area contributed by atoms with Crippen LogP contribution in [0.2, 0.25) is 0 Å². The third-order valence-corrected chi connectivity index (χ3v) is 3.82. The Hall–Kier alpha value is -2.63. The van der Waals surface area contributed by atoms with Crippen LogP contribution in [-0.4, -0.2) is 33.4 Å². The molecule has 6 heteroatoms. The number of carbonyl (C=O) groups excluding carboxylic acids is 2. The number of ketones is 1. The normalized spacial score (nSPS) is 12.3. The average Bonchev–Trinajstić information content (AvgIpc) is 2.85. The monoisotopic (exact) mass is 330 g/mol. The quantitative estimate of drug-likeness (QED) is 0.763. The summed E-state index contributed by atoms with van der Waals surface area (Å²) >= 11 is 0. The number of benzene rings is 1. The summed E-state index contributed by atoms with van der Waals surface area (Å²) in [6, 6.07) is 6.42. The summed E-state index contributed by atoms with van der Waals surface area (Å²) < 4.78 is 1.68. The van der Waals surface area contributed by atoms with Crippen molar-refractivity contribution in [2.45, 2.75) is 39.8 Å². The molecule has 0 spiro atoms. The van der Waals surface area contributed by atoms with Gasteiger partial charge in [0.25, 0.3) is 0 Å². The number of carboxylic acid groups (broad SMARTS) is 1. The molecule has 1 aromatic carbocycles. The highest BCUT2D eigenvalue weighted by Crippen LogP contribution is 2.21. The number of amides is 1. The first-order valence-corrected chi connectivity index (χ1v) is 7.90. The van der Waals surface area contributed by atoms with Gasteiger partial charge in [0.1, 0.15) is 12.6 Å². The number of fused-ring (bicyclic) bond motifs is 1. The van der Waals surface area contributed by atoms with Gasteiger partial charge in [-0.2, -0.15) is 0 Å². The van der Waals surface area contributed by atoms with E-state index in [9.17, 15) is 19.5 Å². The molecule has 128 valence electrons. The molecule has 1 unspecified atom stereocenters. The van der Waals surface area contributed by atoms with Gasteiger partial charge in [-0.25, -0.2) is 4.79 Å². The highest BCUT2D eigenvalue weighted by molar-refractivity contribution is 6.07. The predicted molar refractivity (Wildman–Crippen MR) is 91.0 cm³/mol. The van der Waals surface area contributed by atoms with Gasteiger partial charge in [-0.1, -0.05) is 32.0 Å². The van der Waals surface area contributed by atoms with Crippen LogP contribution in [0.15, 0.2) is 30.5 Å². The first kappa shape index (κ1) is 17.7. The summed E-state index contributed by atoms with van der Waals surface area (Å²) in [7, 11) is 0. The predicted octanol–water partition coefficient (Wildman–Crippen LogP) is 2.46. The van der Waals surface area contributed by atoms with Crippen LogP contribution in [0.25, 0.3) is 10.9 Å². The van der Waals surface area contributed by atoms with E-state index < -0.39 is 12.0 Å². The Bertz CT molecular complexity index is 776. The number of hydrogen-bond donors (Lipinski definition) is 2.